The van der Waals surface area contributed by atoms with Gasteiger partial charge in [0.2, 0.25) is 0 Å². The molecular weight excluding hydrogens is 382 g/mol. The van der Waals surface area contributed by atoms with Crippen LogP contribution in [0.25, 0.3) is 0 Å². The Morgan fingerprint density at radius 2 is 1.93 bits per heavy atom. The van der Waals surface area contributed by atoms with E-state index < -0.39 is 6.03 Å². The first-order valence-electron chi connectivity index (χ1n) is 8.69. The van der Waals surface area contributed by atoms with Gasteiger partial charge in [-0.3, -0.25) is 0 Å². The quantitative estimate of drug-likeness (QED) is 0.376. The molecule has 2 aromatic carbocycles. The van der Waals surface area contributed by atoms with Crippen molar-refractivity contribution in [1.82, 2.24) is 5.43 Å². The van der Waals surface area contributed by atoms with Crippen LogP contribution in [0.1, 0.15) is 23.1 Å². The number of hydrazone groups is 1. The van der Waals surface area contributed by atoms with Crippen molar-refractivity contribution >= 4 is 23.8 Å². The van der Waals surface area contributed by atoms with E-state index in [2.05, 4.69) is 24.4 Å². The molecule has 0 aliphatic heterocycles. The van der Waals surface area contributed by atoms with Crippen LogP contribution in [-0.2, 0) is 0 Å². The molecule has 2 rings (SSSR count). The van der Waals surface area contributed by atoms with Crippen molar-refractivity contribution in [1.29, 1.82) is 0 Å². The molecule has 0 saturated carbocycles. The number of primary amides is 1. The SMILES string of the molecule is COc1cc(/C=N\NC(N)=O)cc(Cl)c1OCCCOc1ccc(C)c(C)c1. The number of nitrogens with zero attached hydrogens (tertiary/aromatic N) is 1. The van der Waals surface area contributed by atoms with E-state index >= 15 is 0 Å². The molecule has 0 aromatic heterocycles. The summed E-state index contributed by atoms with van der Waals surface area (Å²) in [6.07, 6.45) is 2.08. The fourth-order valence-electron chi connectivity index (χ4n) is 2.35. The number of methoxy groups -OCH3 is 1. The molecule has 0 spiro atoms. The second-order valence-electron chi connectivity index (χ2n) is 6.06. The molecule has 8 heteroatoms. The number of urea groups is 1. The molecular formula is C20H24ClN3O4. The molecule has 0 saturated heterocycles. The average molecular weight is 406 g/mol. The number of aryl methyl sites for hydroxylation is 2. The van der Waals surface area contributed by atoms with Crippen molar-refractivity contribution in [3.63, 3.8) is 0 Å². The molecule has 2 aromatic rings. The summed E-state index contributed by atoms with van der Waals surface area (Å²) in [4.78, 5) is 10.6. The first-order valence-corrected chi connectivity index (χ1v) is 9.07. The number of ether oxygens (including phenoxy) is 3. The van der Waals surface area contributed by atoms with E-state index in [9.17, 15) is 4.79 Å². The topological polar surface area (TPSA) is 95.2 Å². The molecule has 0 atom stereocenters. The number of benzene rings is 2. The third-order valence-corrected chi connectivity index (χ3v) is 4.20. The molecule has 0 heterocycles. The smallest absolute Gasteiger partial charge is 0.332 e. The minimum absolute atomic E-state index is 0.370. The van der Waals surface area contributed by atoms with Crippen molar-refractivity contribution in [2.75, 3.05) is 20.3 Å². The van der Waals surface area contributed by atoms with Crippen molar-refractivity contribution in [3.8, 4) is 17.2 Å². The highest BCUT2D eigenvalue weighted by Crippen LogP contribution is 2.36. The summed E-state index contributed by atoms with van der Waals surface area (Å²) < 4.78 is 16.8. The maximum absolute atomic E-state index is 10.6. The van der Waals surface area contributed by atoms with Crippen LogP contribution in [0.4, 0.5) is 4.79 Å². The molecule has 2 amide bonds. The first-order chi connectivity index (χ1) is 13.4. The summed E-state index contributed by atoms with van der Waals surface area (Å²) in [6.45, 7) is 5.05. The lowest BCUT2D eigenvalue weighted by Crippen LogP contribution is -2.24. The number of carbonyl (C=O) groups excluding carboxylic acids is 1. The van der Waals surface area contributed by atoms with Crippen molar-refractivity contribution in [2.45, 2.75) is 20.3 Å². The Bertz CT molecular complexity index is 856. The van der Waals surface area contributed by atoms with Gasteiger partial charge in [-0.1, -0.05) is 17.7 Å². The highest BCUT2D eigenvalue weighted by molar-refractivity contribution is 6.32. The maximum Gasteiger partial charge on any atom is 0.332 e. The van der Waals surface area contributed by atoms with E-state index in [4.69, 9.17) is 31.5 Å². The third-order valence-electron chi connectivity index (χ3n) is 3.92. The Hall–Kier alpha value is -2.93. The Balaban J connectivity index is 1.89. The Labute approximate surface area is 169 Å². The molecule has 150 valence electrons. The van der Waals surface area contributed by atoms with Gasteiger partial charge in [0.15, 0.2) is 11.5 Å². The highest BCUT2D eigenvalue weighted by atomic mass is 35.5. The summed E-state index contributed by atoms with van der Waals surface area (Å²) in [5.41, 5.74) is 10.1. The van der Waals surface area contributed by atoms with Crippen LogP contribution in [0.3, 0.4) is 0 Å². The van der Waals surface area contributed by atoms with Gasteiger partial charge in [0.25, 0.3) is 0 Å². The number of nitrogens with two attached hydrogens (primary N) is 1. The van der Waals surface area contributed by atoms with Gasteiger partial charge in [-0.05, 0) is 54.8 Å². The highest BCUT2D eigenvalue weighted by Gasteiger charge is 2.11. The zero-order valence-corrected chi connectivity index (χ0v) is 16.9. The van der Waals surface area contributed by atoms with E-state index in [1.165, 1.54) is 24.5 Å². The maximum atomic E-state index is 10.6. The predicted octanol–water partition coefficient (Wildman–Crippen LogP) is 3.82. The van der Waals surface area contributed by atoms with Crippen LogP contribution >= 0.6 is 11.6 Å². The van der Waals surface area contributed by atoms with E-state index in [0.717, 1.165) is 5.75 Å². The number of carbonyl (C=O) groups is 1. The fraction of sp³-hybridized carbons (Fsp3) is 0.300. The molecule has 0 aliphatic rings. The first kappa shape index (κ1) is 21.4. The number of nitrogens with one attached hydrogen (secondary N) is 1. The second-order valence-corrected chi connectivity index (χ2v) is 6.47. The zero-order chi connectivity index (χ0) is 20.5. The second kappa shape index (κ2) is 10.4. The molecule has 7 nitrogen and oxygen atoms in total. The fourth-order valence-corrected chi connectivity index (χ4v) is 2.63. The standard InChI is InChI=1S/C20H24ClN3O4/c1-13-5-6-16(9-14(13)2)27-7-4-8-28-19-17(21)10-15(11-18(19)26-3)12-23-24-20(22)25/h5-6,9-12H,4,7-8H2,1-3H3,(H3,22,24,25)/b23-12-. The van der Waals surface area contributed by atoms with Gasteiger partial charge in [0, 0.05) is 6.42 Å². The average Bonchev–Trinajstić information content (AvgIpc) is 2.65. The van der Waals surface area contributed by atoms with E-state index in [1.54, 1.807) is 12.1 Å². The van der Waals surface area contributed by atoms with Crippen molar-refractivity contribution in [3.05, 3.63) is 52.0 Å². The summed E-state index contributed by atoms with van der Waals surface area (Å²) in [5, 5.41) is 4.06. The molecule has 0 fully saturated rings. The van der Waals surface area contributed by atoms with Crippen LogP contribution in [0.2, 0.25) is 5.02 Å². The van der Waals surface area contributed by atoms with Crippen LogP contribution in [0.5, 0.6) is 17.2 Å². The summed E-state index contributed by atoms with van der Waals surface area (Å²) >= 11 is 6.29. The van der Waals surface area contributed by atoms with Crippen LogP contribution in [-0.4, -0.2) is 32.6 Å². The lowest BCUT2D eigenvalue weighted by atomic mass is 10.1. The lowest BCUT2D eigenvalue weighted by Gasteiger charge is -2.14. The van der Waals surface area contributed by atoms with E-state index in [1.807, 2.05) is 18.2 Å². The normalized spacial score (nSPS) is 10.7. The van der Waals surface area contributed by atoms with Gasteiger partial charge in [0.05, 0.1) is 31.6 Å². The van der Waals surface area contributed by atoms with Gasteiger partial charge < -0.3 is 19.9 Å². The molecule has 0 bridgehead atoms. The van der Waals surface area contributed by atoms with Gasteiger partial charge in [-0.2, -0.15) is 5.10 Å². The monoisotopic (exact) mass is 405 g/mol. The van der Waals surface area contributed by atoms with Crippen LogP contribution in [0.15, 0.2) is 35.4 Å². The molecule has 0 radical (unpaired) electrons. The van der Waals surface area contributed by atoms with Gasteiger partial charge >= 0.3 is 6.03 Å². The van der Waals surface area contributed by atoms with E-state index in [-0.39, 0.29) is 0 Å². The predicted molar refractivity (Wildman–Crippen MR) is 110 cm³/mol. The number of hydrogen-bond acceptors (Lipinski definition) is 5. The molecule has 3 N–H and O–H groups in total. The summed E-state index contributed by atoms with van der Waals surface area (Å²) in [6, 6.07) is 8.60. The van der Waals surface area contributed by atoms with Gasteiger partial charge in [0.1, 0.15) is 5.75 Å². The minimum atomic E-state index is -0.753. The molecule has 0 aliphatic carbocycles. The number of hydrogen-bond donors (Lipinski definition) is 2. The zero-order valence-electron chi connectivity index (χ0n) is 16.1. The summed E-state index contributed by atoms with van der Waals surface area (Å²) in [5.74, 6) is 1.74. The Morgan fingerprint density at radius 3 is 2.61 bits per heavy atom. The number of halogens is 1. The number of amides is 2. The van der Waals surface area contributed by atoms with Crippen LogP contribution in [0, 0.1) is 13.8 Å². The minimum Gasteiger partial charge on any atom is -0.493 e. The largest absolute Gasteiger partial charge is 0.493 e. The number of rotatable bonds is 9. The lowest BCUT2D eigenvalue weighted by molar-refractivity contribution is 0.240. The van der Waals surface area contributed by atoms with Crippen molar-refractivity contribution < 1.29 is 19.0 Å². The van der Waals surface area contributed by atoms with Crippen molar-refractivity contribution in [2.24, 2.45) is 10.8 Å². The summed E-state index contributed by atoms with van der Waals surface area (Å²) in [7, 11) is 1.52. The van der Waals surface area contributed by atoms with E-state index in [0.29, 0.717) is 41.7 Å². The Morgan fingerprint density at radius 1 is 1.18 bits per heavy atom. The third kappa shape index (κ3) is 6.35. The van der Waals surface area contributed by atoms with Gasteiger partial charge in [-0.25, -0.2) is 10.2 Å². The molecule has 28 heavy (non-hydrogen) atoms. The van der Waals surface area contributed by atoms with Crippen LogP contribution < -0.4 is 25.4 Å². The molecule has 0 unspecified atom stereocenters. The Kier molecular flexibility index (Phi) is 7.95. The van der Waals surface area contributed by atoms with Gasteiger partial charge in [-0.15, -0.1) is 0 Å².